The van der Waals surface area contributed by atoms with Crippen LogP contribution < -0.4 is 10.1 Å². The fourth-order valence-corrected chi connectivity index (χ4v) is 2.13. The first-order valence-electron chi connectivity index (χ1n) is 6.37. The van der Waals surface area contributed by atoms with Gasteiger partial charge >= 0.3 is 0 Å². The van der Waals surface area contributed by atoms with Crippen molar-refractivity contribution in [1.29, 1.82) is 0 Å². The van der Waals surface area contributed by atoms with E-state index in [2.05, 4.69) is 26.2 Å². The molecule has 1 heterocycles. The van der Waals surface area contributed by atoms with Gasteiger partial charge in [0.2, 0.25) is 5.91 Å². The van der Waals surface area contributed by atoms with Crippen molar-refractivity contribution in [2.75, 3.05) is 7.11 Å². The van der Waals surface area contributed by atoms with Crippen LogP contribution in [-0.2, 0) is 11.3 Å². The molecule has 0 atom stereocenters. The van der Waals surface area contributed by atoms with E-state index in [1.54, 1.807) is 25.6 Å². The maximum Gasteiger partial charge on any atom is 0.244 e. The van der Waals surface area contributed by atoms with E-state index in [1.165, 1.54) is 6.08 Å². The average molecular weight is 347 g/mol. The Morgan fingerprint density at radius 2 is 2.29 bits per heavy atom. The maximum atomic E-state index is 11.8. The number of aromatic nitrogens is 1. The molecule has 1 N–H and O–H groups in total. The van der Waals surface area contributed by atoms with Crippen molar-refractivity contribution in [3.05, 3.63) is 64.4 Å². The van der Waals surface area contributed by atoms with Crippen molar-refractivity contribution < 1.29 is 9.53 Å². The molecule has 4 nitrogen and oxygen atoms in total. The van der Waals surface area contributed by atoms with Gasteiger partial charge in [-0.25, -0.2) is 0 Å². The van der Waals surface area contributed by atoms with Gasteiger partial charge in [0.25, 0.3) is 0 Å². The van der Waals surface area contributed by atoms with Gasteiger partial charge in [0.15, 0.2) is 0 Å². The van der Waals surface area contributed by atoms with E-state index < -0.39 is 0 Å². The molecule has 0 aliphatic heterocycles. The normalized spacial score (nSPS) is 10.6. The molecule has 0 aliphatic carbocycles. The molecule has 0 aliphatic rings. The molecular formula is C16H15BrN2O2. The summed E-state index contributed by atoms with van der Waals surface area (Å²) in [5, 5.41) is 2.80. The quantitative estimate of drug-likeness (QED) is 0.846. The number of amides is 1. The Labute approximate surface area is 132 Å². The highest BCUT2D eigenvalue weighted by Crippen LogP contribution is 2.23. The number of pyridine rings is 1. The molecule has 0 radical (unpaired) electrons. The van der Waals surface area contributed by atoms with Crippen LogP contribution in [0.3, 0.4) is 0 Å². The first-order chi connectivity index (χ1) is 10.2. The summed E-state index contributed by atoms with van der Waals surface area (Å²) in [7, 11) is 1.60. The highest BCUT2D eigenvalue weighted by Gasteiger charge is 2.02. The molecule has 2 aromatic rings. The van der Waals surface area contributed by atoms with E-state index >= 15 is 0 Å². The zero-order valence-electron chi connectivity index (χ0n) is 11.5. The third-order valence-corrected chi connectivity index (χ3v) is 3.29. The van der Waals surface area contributed by atoms with E-state index in [1.807, 2.05) is 30.3 Å². The molecule has 0 bridgehead atoms. The number of benzene rings is 1. The smallest absolute Gasteiger partial charge is 0.244 e. The van der Waals surface area contributed by atoms with Crippen LogP contribution in [0.15, 0.2) is 53.3 Å². The minimum Gasteiger partial charge on any atom is -0.496 e. The number of carbonyl (C=O) groups is 1. The van der Waals surface area contributed by atoms with Gasteiger partial charge in [-0.05, 0) is 35.9 Å². The van der Waals surface area contributed by atoms with E-state index in [-0.39, 0.29) is 5.91 Å². The van der Waals surface area contributed by atoms with Crippen molar-refractivity contribution in [2.24, 2.45) is 0 Å². The monoisotopic (exact) mass is 346 g/mol. The number of nitrogens with zero attached hydrogens (tertiary/aromatic N) is 1. The molecule has 0 fully saturated rings. The Morgan fingerprint density at radius 3 is 3.00 bits per heavy atom. The first kappa shape index (κ1) is 15.3. The summed E-state index contributed by atoms with van der Waals surface area (Å²) in [6.45, 7) is 0.451. The average Bonchev–Trinajstić information content (AvgIpc) is 2.52. The molecule has 108 valence electrons. The van der Waals surface area contributed by atoms with Crippen LogP contribution in [0.1, 0.15) is 11.1 Å². The van der Waals surface area contributed by atoms with Gasteiger partial charge in [-0.3, -0.25) is 9.78 Å². The van der Waals surface area contributed by atoms with Crippen LogP contribution in [0, 0.1) is 0 Å². The van der Waals surface area contributed by atoms with Crippen LogP contribution in [0.4, 0.5) is 0 Å². The first-order valence-corrected chi connectivity index (χ1v) is 7.16. The number of carbonyl (C=O) groups excluding carboxylic acids is 1. The van der Waals surface area contributed by atoms with Crippen molar-refractivity contribution in [2.45, 2.75) is 6.54 Å². The second kappa shape index (κ2) is 7.59. The summed E-state index contributed by atoms with van der Waals surface area (Å²) in [6, 6.07) is 9.37. The zero-order valence-corrected chi connectivity index (χ0v) is 13.1. The molecule has 0 saturated carbocycles. The van der Waals surface area contributed by atoms with E-state index in [4.69, 9.17) is 4.74 Å². The standard InChI is InChI=1S/C16H15BrN2O2/c1-21-15-6-5-14(17)9-13(15)4-7-16(20)19-11-12-3-2-8-18-10-12/h2-10H,11H2,1H3,(H,19,20). The van der Waals surface area contributed by atoms with Crippen LogP contribution in [0.5, 0.6) is 5.75 Å². The van der Waals surface area contributed by atoms with Crippen LogP contribution in [-0.4, -0.2) is 18.0 Å². The third kappa shape index (κ3) is 4.72. The summed E-state index contributed by atoms with van der Waals surface area (Å²) >= 11 is 3.40. The minimum absolute atomic E-state index is 0.166. The molecule has 5 heteroatoms. The summed E-state index contributed by atoms with van der Waals surface area (Å²) < 4.78 is 6.18. The molecule has 2 rings (SSSR count). The van der Waals surface area contributed by atoms with Crippen molar-refractivity contribution in [1.82, 2.24) is 10.3 Å². The van der Waals surface area contributed by atoms with Gasteiger partial charge in [0, 0.05) is 35.1 Å². The highest BCUT2D eigenvalue weighted by molar-refractivity contribution is 9.10. The van der Waals surface area contributed by atoms with Crippen LogP contribution in [0.25, 0.3) is 6.08 Å². The molecule has 0 saturated heterocycles. The molecule has 21 heavy (non-hydrogen) atoms. The molecule has 1 aromatic carbocycles. The zero-order chi connectivity index (χ0) is 15.1. The predicted octanol–water partition coefficient (Wildman–Crippen LogP) is 3.18. The summed E-state index contributed by atoms with van der Waals surface area (Å²) in [4.78, 5) is 15.8. The van der Waals surface area contributed by atoms with Crippen LogP contribution in [0.2, 0.25) is 0 Å². The Balaban J connectivity index is 1.97. The SMILES string of the molecule is COc1ccc(Br)cc1C=CC(=O)NCc1cccnc1. The third-order valence-electron chi connectivity index (χ3n) is 2.80. The highest BCUT2D eigenvalue weighted by atomic mass is 79.9. The Morgan fingerprint density at radius 1 is 1.43 bits per heavy atom. The number of ether oxygens (including phenoxy) is 1. The van der Waals surface area contributed by atoms with Gasteiger partial charge in [-0.1, -0.05) is 22.0 Å². The van der Waals surface area contributed by atoms with Gasteiger partial charge in [-0.15, -0.1) is 0 Å². The topological polar surface area (TPSA) is 51.2 Å². The fourth-order valence-electron chi connectivity index (χ4n) is 1.75. The predicted molar refractivity (Wildman–Crippen MR) is 85.8 cm³/mol. The lowest BCUT2D eigenvalue weighted by molar-refractivity contribution is -0.116. The molecular weight excluding hydrogens is 332 g/mol. The molecule has 1 aromatic heterocycles. The van der Waals surface area contributed by atoms with Gasteiger partial charge < -0.3 is 10.1 Å². The Hall–Kier alpha value is -2.14. The van der Waals surface area contributed by atoms with Gasteiger partial charge in [0.05, 0.1) is 7.11 Å². The van der Waals surface area contributed by atoms with Crippen molar-refractivity contribution in [3.8, 4) is 5.75 Å². The summed E-state index contributed by atoms with van der Waals surface area (Å²) in [5.41, 5.74) is 1.79. The number of hydrogen-bond acceptors (Lipinski definition) is 3. The number of halogens is 1. The maximum absolute atomic E-state index is 11.8. The number of methoxy groups -OCH3 is 1. The summed E-state index contributed by atoms with van der Waals surface area (Å²) in [6.07, 6.45) is 6.63. The van der Waals surface area contributed by atoms with E-state index in [9.17, 15) is 4.79 Å². The lowest BCUT2D eigenvalue weighted by Gasteiger charge is -2.05. The van der Waals surface area contributed by atoms with Crippen molar-refractivity contribution >= 4 is 27.9 Å². The largest absolute Gasteiger partial charge is 0.496 e. The lowest BCUT2D eigenvalue weighted by atomic mass is 10.2. The Kier molecular flexibility index (Phi) is 5.51. The second-order valence-corrected chi connectivity index (χ2v) is 5.21. The number of nitrogens with one attached hydrogen (secondary N) is 1. The van der Waals surface area contributed by atoms with E-state index in [0.717, 1.165) is 21.3 Å². The fraction of sp³-hybridized carbons (Fsp3) is 0.125. The van der Waals surface area contributed by atoms with Crippen molar-refractivity contribution in [3.63, 3.8) is 0 Å². The van der Waals surface area contributed by atoms with Gasteiger partial charge in [0.1, 0.15) is 5.75 Å². The number of hydrogen-bond donors (Lipinski definition) is 1. The minimum atomic E-state index is -0.166. The number of rotatable bonds is 5. The Bertz CT molecular complexity index is 642. The molecule has 1 amide bonds. The second-order valence-electron chi connectivity index (χ2n) is 4.30. The molecule has 0 unspecified atom stereocenters. The molecule has 0 spiro atoms. The van der Waals surface area contributed by atoms with E-state index in [0.29, 0.717) is 6.54 Å². The van der Waals surface area contributed by atoms with Gasteiger partial charge in [-0.2, -0.15) is 0 Å². The van der Waals surface area contributed by atoms with Crippen LogP contribution >= 0.6 is 15.9 Å². The summed E-state index contributed by atoms with van der Waals surface area (Å²) in [5.74, 6) is 0.551. The lowest BCUT2D eigenvalue weighted by Crippen LogP contribution is -2.20.